The Labute approximate surface area is 122 Å². The first-order valence-electron chi connectivity index (χ1n) is 6.87. The molecule has 2 atom stereocenters. The molecule has 2 N–H and O–H groups in total. The van der Waals surface area contributed by atoms with Gasteiger partial charge < -0.3 is 5.73 Å². The monoisotopic (exact) mass is 280 g/mol. The van der Waals surface area contributed by atoms with Gasteiger partial charge >= 0.3 is 0 Å². The van der Waals surface area contributed by atoms with Crippen molar-refractivity contribution in [2.45, 2.75) is 44.7 Å². The maximum absolute atomic E-state index is 6.01. The molecule has 0 heterocycles. The van der Waals surface area contributed by atoms with Crippen molar-refractivity contribution in [3.63, 3.8) is 0 Å². The number of hydrogen-bond acceptors (Lipinski definition) is 3. The van der Waals surface area contributed by atoms with Gasteiger partial charge in [0, 0.05) is 23.5 Å². The van der Waals surface area contributed by atoms with Crippen molar-refractivity contribution in [1.29, 1.82) is 0 Å². The molecule has 1 rings (SSSR count). The predicted molar refractivity (Wildman–Crippen MR) is 86.7 cm³/mol. The van der Waals surface area contributed by atoms with Gasteiger partial charge in [-0.15, -0.1) is 11.8 Å². The van der Waals surface area contributed by atoms with Gasteiger partial charge in [0.1, 0.15) is 0 Å². The van der Waals surface area contributed by atoms with Crippen LogP contribution >= 0.6 is 11.8 Å². The second kappa shape index (κ2) is 6.78. The fourth-order valence-corrected chi connectivity index (χ4v) is 2.65. The lowest BCUT2D eigenvalue weighted by Gasteiger charge is -2.40. The van der Waals surface area contributed by atoms with Gasteiger partial charge in [-0.05, 0) is 43.3 Å². The minimum absolute atomic E-state index is 0.251. The Morgan fingerprint density at radius 2 is 1.74 bits per heavy atom. The molecule has 0 amide bonds. The SMILES string of the molecule is CSc1ccc(C(CN)N(C)C(C)C(C)(C)C)cc1. The van der Waals surface area contributed by atoms with E-state index in [0.29, 0.717) is 12.6 Å². The average molecular weight is 280 g/mol. The van der Waals surface area contributed by atoms with E-state index in [-0.39, 0.29) is 11.5 Å². The van der Waals surface area contributed by atoms with Crippen LogP contribution in [-0.4, -0.2) is 30.8 Å². The highest BCUT2D eigenvalue weighted by Crippen LogP contribution is 2.30. The largest absolute Gasteiger partial charge is 0.329 e. The van der Waals surface area contributed by atoms with E-state index >= 15 is 0 Å². The summed E-state index contributed by atoms with van der Waals surface area (Å²) in [5.41, 5.74) is 7.57. The number of hydrogen-bond donors (Lipinski definition) is 1. The summed E-state index contributed by atoms with van der Waals surface area (Å²) < 4.78 is 0. The van der Waals surface area contributed by atoms with Crippen LogP contribution in [0, 0.1) is 5.41 Å². The molecule has 0 aliphatic heterocycles. The first-order valence-corrected chi connectivity index (χ1v) is 8.09. The molecule has 0 fully saturated rings. The number of nitrogens with zero attached hydrogens (tertiary/aromatic N) is 1. The first-order chi connectivity index (χ1) is 8.81. The number of benzene rings is 1. The summed E-state index contributed by atoms with van der Waals surface area (Å²) in [6, 6.07) is 9.52. The Balaban J connectivity index is 2.92. The lowest BCUT2D eigenvalue weighted by atomic mass is 9.86. The second-order valence-electron chi connectivity index (χ2n) is 6.23. The fraction of sp³-hybridized carbons (Fsp3) is 0.625. The summed E-state index contributed by atoms with van der Waals surface area (Å²) in [5, 5.41) is 0. The van der Waals surface area contributed by atoms with Gasteiger partial charge in [-0.3, -0.25) is 4.90 Å². The molecule has 1 aromatic rings. The Kier molecular flexibility index (Phi) is 5.90. The molecule has 0 saturated heterocycles. The van der Waals surface area contributed by atoms with Gasteiger partial charge in [-0.25, -0.2) is 0 Å². The van der Waals surface area contributed by atoms with Crippen molar-refractivity contribution in [1.82, 2.24) is 4.90 Å². The van der Waals surface area contributed by atoms with Crippen LogP contribution in [0.15, 0.2) is 29.2 Å². The summed E-state index contributed by atoms with van der Waals surface area (Å²) in [6.45, 7) is 9.75. The molecule has 0 saturated carbocycles. The quantitative estimate of drug-likeness (QED) is 0.832. The van der Waals surface area contributed by atoms with Crippen molar-refractivity contribution in [3.8, 4) is 0 Å². The molecule has 0 aromatic heterocycles. The highest BCUT2D eigenvalue weighted by atomic mass is 32.2. The topological polar surface area (TPSA) is 29.3 Å². The van der Waals surface area contributed by atoms with E-state index in [2.05, 4.69) is 70.2 Å². The summed E-state index contributed by atoms with van der Waals surface area (Å²) >= 11 is 1.77. The van der Waals surface area contributed by atoms with Gasteiger partial charge in [0.25, 0.3) is 0 Å². The van der Waals surface area contributed by atoms with Crippen molar-refractivity contribution in [2.24, 2.45) is 11.1 Å². The van der Waals surface area contributed by atoms with Crippen molar-refractivity contribution < 1.29 is 0 Å². The van der Waals surface area contributed by atoms with Crippen molar-refractivity contribution >= 4 is 11.8 Å². The molecule has 19 heavy (non-hydrogen) atoms. The highest BCUT2D eigenvalue weighted by Gasteiger charge is 2.28. The first kappa shape index (κ1) is 16.5. The van der Waals surface area contributed by atoms with E-state index < -0.39 is 0 Å². The lowest BCUT2D eigenvalue weighted by Crippen LogP contribution is -2.43. The van der Waals surface area contributed by atoms with Crippen LogP contribution in [0.25, 0.3) is 0 Å². The molecular weight excluding hydrogens is 252 g/mol. The fourth-order valence-electron chi connectivity index (χ4n) is 2.24. The van der Waals surface area contributed by atoms with Gasteiger partial charge in [-0.1, -0.05) is 32.9 Å². The lowest BCUT2D eigenvalue weighted by molar-refractivity contribution is 0.100. The molecule has 0 aliphatic rings. The molecule has 2 unspecified atom stereocenters. The van der Waals surface area contributed by atoms with Gasteiger partial charge in [-0.2, -0.15) is 0 Å². The molecule has 0 aliphatic carbocycles. The van der Waals surface area contributed by atoms with Gasteiger partial charge in [0.2, 0.25) is 0 Å². The Hall–Kier alpha value is -0.510. The minimum atomic E-state index is 0.251. The van der Waals surface area contributed by atoms with Crippen LogP contribution in [0.4, 0.5) is 0 Å². The molecule has 0 spiro atoms. The molecule has 0 radical (unpaired) electrons. The van der Waals surface area contributed by atoms with Crippen LogP contribution < -0.4 is 5.73 Å². The number of rotatable bonds is 5. The zero-order valence-electron chi connectivity index (χ0n) is 13.1. The van der Waals surface area contributed by atoms with E-state index in [1.54, 1.807) is 11.8 Å². The number of thioether (sulfide) groups is 1. The number of likely N-dealkylation sites (N-methyl/N-ethyl adjacent to an activating group) is 1. The summed E-state index contributed by atoms with van der Waals surface area (Å²) in [5.74, 6) is 0. The third-order valence-electron chi connectivity index (χ3n) is 4.08. The summed E-state index contributed by atoms with van der Waals surface area (Å²) in [7, 11) is 2.18. The van der Waals surface area contributed by atoms with Crippen LogP contribution in [0.5, 0.6) is 0 Å². The molecule has 1 aromatic carbocycles. The summed E-state index contributed by atoms with van der Waals surface area (Å²) in [6.07, 6.45) is 2.10. The summed E-state index contributed by atoms with van der Waals surface area (Å²) in [4.78, 5) is 3.69. The molecule has 3 heteroatoms. The normalized spacial score (nSPS) is 15.6. The molecular formula is C16H28N2S. The molecule has 2 nitrogen and oxygen atoms in total. The van der Waals surface area contributed by atoms with E-state index in [0.717, 1.165) is 0 Å². The molecule has 108 valence electrons. The van der Waals surface area contributed by atoms with E-state index in [1.807, 2.05) is 0 Å². The van der Waals surface area contributed by atoms with E-state index in [4.69, 9.17) is 5.73 Å². The van der Waals surface area contributed by atoms with Gasteiger partial charge in [0.15, 0.2) is 0 Å². The van der Waals surface area contributed by atoms with E-state index in [9.17, 15) is 0 Å². The number of nitrogens with two attached hydrogens (primary N) is 1. The van der Waals surface area contributed by atoms with Crippen LogP contribution in [0.1, 0.15) is 39.3 Å². The molecule has 0 bridgehead atoms. The maximum Gasteiger partial charge on any atom is 0.0470 e. The minimum Gasteiger partial charge on any atom is -0.329 e. The zero-order valence-corrected chi connectivity index (χ0v) is 13.9. The standard InChI is InChI=1S/C16H28N2S/c1-12(16(2,3)4)18(5)15(11-17)13-7-9-14(19-6)10-8-13/h7-10,12,15H,11,17H2,1-6H3. The average Bonchev–Trinajstić information content (AvgIpc) is 2.38. The zero-order chi connectivity index (χ0) is 14.6. The second-order valence-corrected chi connectivity index (χ2v) is 7.11. The van der Waals surface area contributed by atoms with Crippen LogP contribution in [-0.2, 0) is 0 Å². The van der Waals surface area contributed by atoms with Crippen LogP contribution in [0.3, 0.4) is 0 Å². The van der Waals surface area contributed by atoms with E-state index in [1.165, 1.54) is 10.5 Å². The van der Waals surface area contributed by atoms with Crippen molar-refractivity contribution in [3.05, 3.63) is 29.8 Å². The third kappa shape index (κ3) is 4.23. The smallest absolute Gasteiger partial charge is 0.0470 e. The third-order valence-corrected chi connectivity index (χ3v) is 4.82. The van der Waals surface area contributed by atoms with Gasteiger partial charge in [0.05, 0.1) is 0 Å². The maximum atomic E-state index is 6.01. The Morgan fingerprint density at radius 1 is 1.21 bits per heavy atom. The van der Waals surface area contributed by atoms with Crippen LogP contribution in [0.2, 0.25) is 0 Å². The Morgan fingerprint density at radius 3 is 2.11 bits per heavy atom. The Bertz CT molecular complexity index is 381. The highest BCUT2D eigenvalue weighted by molar-refractivity contribution is 7.98. The van der Waals surface area contributed by atoms with Crippen molar-refractivity contribution in [2.75, 3.05) is 19.8 Å². The predicted octanol–water partition coefficient (Wildman–Crippen LogP) is 3.77.